The average molecular weight is 362 g/mol. The Labute approximate surface area is 133 Å². The monoisotopic (exact) mass is 361 g/mol. The van der Waals surface area contributed by atoms with Crippen molar-refractivity contribution >= 4 is 15.9 Å². The lowest BCUT2D eigenvalue weighted by molar-refractivity contribution is 0.00525. The quantitative estimate of drug-likeness (QED) is 0.766. The molecule has 0 saturated carbocycles. The number of halogens is 3. The van der Waals surface area contributed by atoms with E-state index in [1.807, 2.05) is 6.92 Å². The minimum atomic E-state index is -0.498. The molecule has 5 heteroatoms. The van der Waals surface area contributed by atoms with Gasteiger partial charge in [0.2, 0.25) is 0 Å². The molecule has 21 heavy (non-hydrogen) atoms. The van der Waals surface area contributed by atoms with E-state index in [1.165, 1.54) is 18.6 Å². The highest BCUT2D eigenvalue weighted by Gasteiger charge is 2.22. The lowest BCUT2D eigenvalue weighted by Gasteiger charge is -2.27. The van der Waals surface area contributed by atoms with Crippen LogP contribution in [-0.4, -0.2) is 25.3 Å². The van der Waals surface area contributed by atoms with Crippen LogP contribution in [0.2, 0.25) is 0 Å². The SMILES string of the molecule is CCNC(Cc1c(F)ccc(Br)c1F)CC1CCCCO1. The molecule has 1 aromatic rings. The molecule has 1 N–H and O–H groups in total. The molecule has 1 aliphatic rings. The maximum atomic E-state index is 14.1. The predicted octanol–water partition coefficient (Wildman–Crippen LogP) is 4.21. The summed E-state index contributed by atoms with van der Waals surface area (Å²) >= 11 is 3.12. The second-order valence-electron chi connectivity index (χ2n) is 5.50. The van der Waals surface area contributed by atoms with E-state index in [4.69, 9.17) is 4.74 Å². The van der Waals surface area contributed by atoms with Crippen molar-refractivity contribution in [3.8, 4) is 0 Å². The second-order valence-corrected chi connectivity index (χ2v) is 6.36. The third kappa shape index (κ3) is 4.73. The summed E-state index contributed by atoms with van der Waals surface area (Å²) in [5, 5.41) is 3.32. The van der Waals surface area contributed by atoms with Crippen LogP contribution in [0.5, 0.6) is 0 Å². The van der Waals surface area contributed by atoms with Crippen LogP contribution in [0.1, 0.15) is 38.2 Å². The largest absolute Gasteiger partial charge is 0.378 e. The zero-order chi connectivity index (χ0) is 15.2. The summed E-state index contributed by atoms with van der Waals surface area (Å²) in [4.78, 5) is 0. The van der Waals surface area contributed by atoms with Crippen molar-refractivity contribution in [2.45, 2.75) is 51.2 Å². The van der Waals surface area contributed by atoms with Crippen molar-refractivity contribution in [3.63, 3.8) is 0 Å². The van der Waals surface area contributed by atoms with E-state index in [9.17, 15) is 8.78 Å². The molecule has 1 saturated heterocycles. The Hall–Kier alpha value is -0.520. The average Bonchev–Trinajstić information content (AvgIpc) is 2.49. The smallest absolute Gasteiger partial charge is 0.143 e. The Morgan fingerprint density at radius 3 is 2.86 bits per heavy atom. The van der Waals surface area contributed by atoms with E-state index >= 15 is 0 Å². The normalized spacial score (nSPS) is 20.5. The Morgan fingerprint density at radius 2 is 2.19 bits per heavy atom. The molecule has 118 valence electrons. The van der Waals surface area contributed by atoms with Crippen LogP contribution < -0.4 is 5.32 Å². The topological polar surface area (TPSA) is 21.3 Å². The molecule has 2 nitrogen and oxygen atoms in total. The van der Waals surface area contributed by atoms with Crippen LogP contribution >= 0.6 is 15.9 Å². The van der Waals surface area contributed by atoms with Crippen molar-refractivity contribution in [2.75, 3.05) is 13.2 Å². The van der Waals surface area contributed by atoms with Crippen LogP contribution in [0.15, 0.2) is 16.6 Å². The summed E-state index contributed by atoms with van der Waals surface area (Å²) in [5.41, 5.74) is 0.145. The molecule has 1 fully saturated rings. The summed E-state index contributed by atoms with van der Waals surface area (Å²) in [6.07, 6.45) is 4.64. The third-order valence-electron chi connectivity index (χ3n) is 3.90. The van der Waals surface area contributed by atoms with E-state index in [2.05, 4.69) is 21.2 Å². The summed E-state index contributed by atoms with van der Waals surface area (Å²) in [6, 6.07) is 2.74. The van der Waals surface area contributed by atoms with Crippen LogP contribution in [0.4, 0.5) is 8.78 Å². The van der Waals surface area contributed by atoms with Gasteiger partial charge in [0.05, 0.1) is 10.6 Å². The van der Waals surface area contributed by atoms with Gasteiger partial charge in [0, 0.05) is 18.2 Å². The molecule has 2 unspecified atom stereocenters. The highest BCUT2D eigenvalue weighted by atomic mass is 79.9. The van der Waals surface area contributed by atoms with Crippen LogP contribution in [0.25, 0.3) is 0 Å². The van der Waals surface area contributed by atoms with Crippen LogP contribution in [-0.2, 0) is 11.2 Å². The molecule has 1 aliphatic heterocycles. The molecule has 0 aromatic heterocycles. The summed E-state index contributed by atoms with van der Waals surface area (Å²) in [7, 11) is 0. The van der Waals surface area contributed by atoms with Gasteiger partial charge in [0.1, 0.15) is 11.6 Å². The van der Waals surface area contributed by atoms with Gasteiger partial charge >= 0.3 is 0 Å². The molecule has 0 spiro atoms. The maximum Gasteiger partial charge on any atom is 0.143 e. The number of likely N-dealkylation sites (N-methyl/N-ethyl adjacent to an activating group) is 1. The predicted molar refractivity (Wildman–Crippen MR) is 83.4 cm³/mol. The van der Waals surface area contributed by atoms with Gasteiger partial charge in [-0.25, -0.2) is 8.78 Å². The summed E-state index contributed by atoms with van der Waals surface area (Å²) < 4.78 is 34.0. The molecule has 1 aromatic carbocycles. The maximum absolute atomic E-state index is 14.1. The Balaban J connectivity index is 2.06. The van der Waals surface area contributed by atoms with Crippen molar-refractivity contribution in [1.82, 2.24) is 5.32 Å². The first-order chi connectivity index (χ1) is 10.1. The fourth-order valence-corrected chi connectivity index (χ4v) is 3.21. The van der Waals surface area contributed by atoms with Gasteiger partial charge in [0.25, 0.3) is 0 Å². The lowest BCUT2D eigenvalue weighted by Crippen LogP contribution is -2.36. The first-order valence-corrected chi connectivity index (χ1v) is 8.38. The molecule has 0 aliphatic carbocycles. The van der Waals surface area contributed by atoms with Gasteiger partial charge in [-0.1, -0.05) is 6.92 Å². The van der Waals surface area contributed by atoms with Crippen LogP contribution in [0.3, 0.4) is 0 Å². The number of benzene rings is 1. The van der Waals surface area contributed by atoms with Crippen molar-refractivity contribution < 1.29 is 13.5 Å². The zero-order valence-electron chi connectivity index (χ0n) is 12.3. The Bertz CT molecular complexity index is 464. The number of hydrogen-bond donors (Lipinski definition) is 1. The summed E-state index contributed by atoms with van der Waals surface area (Å²) in [6.45, 7) is 3.57. The first-order valence-electron chi connectivity index (χ1n) is 7.59. The number of rotatable bonds is 6. The highest BCUT2D eigenvalue weighted by Crippen LogP contribution is 2.25. The summed E-state index contributed by atoms with van der Waals surface area (Å²) in [5.74, 6) is -0.981. The number of nitrogens with one attached hydrogen (secondary N) is 1. The molecule has 1 heterocycles. The van der Waals surface area contributed by atoms with E-state index in [0.29, 0.717) is 10.9 Å². The Kier molecular flexibility index (Phi) is 6.58. The molecular weight excluding hydrogens is 340 g/mol. The van der Waals surface area contributed by atoms with Gasteiger partial charge < -0.3 is 10.1 Å². The molecular formula is C16H22BrF2NO. The molecule has 0 amide bonds. The molecule has 0 radical (unpaired) electrons. The van der Waals surface area contributed by atoms with Gasteiger partial charge in [-0.2, -0.15) is 0 Å². The minimum absolute atomic E-state index is 0.0244. The third-order valence-corrected chi connectivity index (χ3v) is 4.52. The molecule has 0 bridgehead atoms. The fourth-order valence-electron chi connectivity index (χ4n) is 2.84. The molecule has 2 atom stereocenters. The lowest BCUT2D eigenvalue weighted by atomic mass is 9.96. The Morgan fingerprint density at radius 1 is 1.38 bits per heavy atom. The minimum Gasteiger partial charge on any atom is -0.378 e. The zero-order valence-corrected chi connectivity index (χ0v) is 13.9. The number of ether oxygens (including phenoxy) is 1. The van der Waals surface area contributed by atoms with Gasteiger partial charge in [-0.15, -0.1) is 0 Å². The van der Waals surface area contributed by atoms with Gasteiger partial charge in [-0.3, -0.25) is 0 Å². The fraction of sp³-hybridized carbons (Fsp3) is 0.625. The number of hydrogen-bond acceptors (Lipinski definition) is 2. The van der Waals surface area contributed by atoms with Gasteiger partial charge in [0.15, 0.2) is 0 Å². The molecule has 2 rings (SSSR count). The van der Waals surface area contributed by atoms with Gasteiger partial charge in [-0.05, 0) is 66.7 Å². The van der Waals surface area contributed by atoms with E-state index in [-0.39, 0.29) is 17.7 Å². The van der Waals surface area contributed by atoms with E-state index in [0.717, 1.165) is 32.4 Å². The highest BCUT2D eigenvalue weighted by molar-refractivity contribution is 9.10. The van der Waals surface area contributed by atoms with Crippen molar-refractivity contribution in [3.05, 3.63) is 33.8 Å². The van der Waals surface area contributed by atoms with Crippen LogP contribution in [0, 0.1) is 11.6 Å². The standard InChI is InChI=1S/C16H22BrF2NO/c1-2-20-11(9-12-5-3-4-8-21-12)10-13-15(18)7-6-14(17)16(13)19/h6-7,11-12,20H,2-5,8-10H2,1H3. The first kappa shape index (κ1) is 16.8. The van der Waals surface area contributed by atoms with E-state index in [1.54, 1.807) is 0 Å². The van der Waals surface area contributed by atoms with E-state index < -0.39 is 11.6 Å². The van der Waals surface area contributed by atoms with Crippen molar-refractivity contribution in [2.24, 2.45) is 0 Å². The second kappa shape index (κ2) is 8.20. The van der Waals surface area contributed by atoms with Crippen molar-refractivity contribution in [1.29, 1.82) is 0 Å².